The lowest BCUT2D eigenvalue weighted by Crippen LogP contribution is -2.73. The van der Waals surface area contributed by atoms with Crippen molar-refractivity contribution in [1.82, 2.24) is 9.80 Å². The summed E-state index contributed by atoms with van der Waals surface area (Å²) in [5.41, 5.74) is 0.285. The highest BCUT2D eigenvalue weighted by molar-refractivity contribution is 5.99. The fourth-order valence-corrected chi connectivity index (χ4v) is 3.67. The predicted octanol–water partition coefficient (Wildman–Crippen LogP) is 1.28. The molecular weight excluding hydrogens is 296 g/mol. The first kappa shape index (κ1) is 15.6. The summed E-state index contributed by atoms with van der Waals surface area (Å²) in [6.45, 7) is 3.03. The maximum atomic E-state index is 12.7. The highest BCUT2D eigenvalue weighted by Crippen LogP contribution is 2.43. The van der Waals surface area contributed by atoms with Crippen molar-refractivity contribution in [1.29, 1.82) is 0 Å². The second kappa shape index (κ2) is 5.44. The maximum absolute atomic E-state index is 12.7. The minimum atomic E-state index is -0.642. The SMILES string of the molecule is COc1ccc(CN2CC3(C2=O)C(C)CC(=O)N3C)c(OC)c1. The second-order valence-electron chi connectivity index (χ2n) is 6.32. The van der Waals surface area contributed by atoms with Gasteiger partial charge in [0.25, 0.3) is 5.91 Å². The quantitative estimate of drug-likeness (QED) is 0.785. The molecule has 2 heterocycles. The molecule has 1 aromatic rings. The van der Waals surface area contributed by atoms with Gasteiger partial charge in [-0.05, 0) is 18.1 Å². The first-order chi connectivity index (χ1) is 10.9. The number of benzene rings is 1. The molecule has 0 radical (unpaired) electrons. The molecule has 0 aromatic heterocycles. The van der Waals surface area contributed by atoms with Crippen molar-refractivity contribution < 1.29 is 19.1 Å². The van der Waals surface area contributed by atoms with Gasteiger partial charge in [0.15, 0.2) is 0 Å². The average molecular weight is 318 g/mol. The van der Waals surface area contributed by atoms with Crippen LogP contribution < -0.4 is 9.47 Å². The van der Waals surface area contributed by atoms with Crippen LogP contribution in [0.4, 0.5) is 0 Å². The van der Waals surface area contributed by atoms with Crippen molar-refractivity contribution in [2.24, 2.45) is 5.92 Å². The lowest BCUT2D eigenvalue weighted by atomic mass is 9.78. The fraction of sp³-hybridized carbons (Fsp3) is 0.529. The molecule has 1 spiro atoms. The molecule has 2 unspecified atom stereocenters. The first-order valence-corrected chi connectivity index (χ1v) is 7.71. The zero-order valence-electron chi connectivity index (χ0n) is 14.0. The third kappa shape index (κ3) is 2.16. The van der Waals surface area contributed by atoms with Crippen molar-refractivity contribution in [3.05, 3.63) is 23.8 Å². The number of β-lactam (4-membered cyclic amide) rings is 1. The van der Waals surface area contributed by atoms with Gasteiger partial charge >= 0.3 is 0 Å². The van der Waals surface area contributed by atoms with Crippen LogP contribution in [0.5, 0.6) is 11.5 Å². The highest BCUT2D eigenvalue weighted by atomic mass is 16.5. The Labute approximate surface area is 136 Å². The van der Waals surface area contributed by atoms with E-state index in [0.717, 1.165) is 5.56 Å². The minimum absolute atomic E-state index is 0.0243. The molecule has 6 heteroatoms. The van der Waals surface area contributed by atoms with Gasteiger partial charge < -0.3 is 19.3 Å². The molecule has 2 saturated heterocycles. The Morgan fingerprint density at radius 2 is 2.00 bits per heavy atom. The van der Waals surface area contributed by atoms with Gasteiger partial charge in [-0.1, -0.05) is 6.92 Å². The van der Waals surface area contributed by atoms with E-state index in [2.05, 4.69) is 0 Å². The third-order valence-corrected chi connectivity index (χ3v) is 5.21. The van der Waals surface area contributed by atoms with Gasteiger partial charge in [0.1, 0.15) is 17.0 Å². The van der Waals surface area contributed by atoms with Crippen LogP contribution >= 0.6 is 0 Å². The number of methoxy groups -OCH3 is 2. The fourth-order valence-electron chi connectivity index (χ4n) is 3.67. The van der Waals surface area contributed by atoms with Gasteiger partial charge in [0.2, 0.25) is 5.91 Å². The molecule has 2 amide bonds. The number of likely N-dealkylation sites (N-methyl/N-ethyl adjacent to an activating group) is 1. The Hall–Kier alpha value is -2.24. The third-order valence-electron chi connectivity index (χ3n) is 5.21. The van der Waals surface area contributed by atoms with Crippen LogP contribution in [0.1, 0.15) is 18.9 Å². The molecule has 0 aliphatic carbocycles. The topological polar surface area (TPSA) is 59.1 Å². The summed E-state index contributed by atoms with van der Waals surface area (Å²) in [4.78, 5) is 28.0. The Morgan fingerprint density at radius 3 is 2.52 bits per heavy atom. The minimum Gasteiger partial charge on any atom is -0.497 e. The Balaban J connectivity index is 1.77. The Bertz CT molecular complexity index is 660. The van der Waals surface area contributed by atoms with E-state index in [1.165, 1.54) is 0 Å². The number of likely N-dealkylation sites (tertiary alicyclic amines) is 2. The van der Waals surface area contributed by atoms with Crippen LogP contribution in [-0.4, -0.2) is 55.0 Å². The van der Waals surface area contributed by atoms with Gasteiger partial charge in [0, 0.05) is 31.6 Å². The zero-order chi connectivity index (χ0) is 16.8. The standard InChI is InChI=1S/C17H22N2O4/c1-11-7-15(20)18(2)17(11)10-19(16(17)21)9-12-5-6-13(22-3)8-14(12)23-4/h5-6,8,11H,7,9-10H2,1-4H3. The molecule has 1 aromatic carbocycles. The van der Waals surface area contributed by atoms with E-state index in [9.17, 15) is 9.59 Å². The van der Waals surface area contributed by atoms with E-state index in [1.54, 1.807) is 31.1 Å². The van der Waals surface area contributed by atoms with Crippen molar-refractivity contribution in [2.45, 2.75) is 25.4 Å². The van der Waals surface area contributed by atoms with Crippen LogP contribution in [0.25, 0.3) is 0 Å². The molecule has 2 atom stereocenters. The van der Waals surface area contributed by atoms with Crippen LogP contribution in [0.15, 0.2) is 18.2 Å². The monoisotopic (exact) mass is 318 g/mol. The average Bonchev–Trinajstić information content (AvgIpc) is 2.78. The summed E-state index contributed by atoms with van der Waals surface area (Å²) in [6, 6.07) is 5.57. The number of rotatable bonds is 4. The Kier molecular flexibility index (Phi) is 3.70. The van der Waals surface area contributed by atoms with E-state index in [-0.39, 0.29) is 17.7 Å². The van der Waals surface area contributed by atoms with E-state index < -0.39 is 5.54 Å². The summed E-state index contributed by atoms with van der Waals surface area (Å²) >= 11 is 0. The van der Waals surface area contributed by atoms with Gasteiger partial charge in [0.05, 0.1) is 20.8 Å². The first-order valence-electron chi connectivity index (χ1n) is 7.71. The summed E-state index contributed by atoms with van der Waals surface area (Å²) in [5.74, 6) is 1.54. The summed E-state index contributed by atoms with van der Waals surface area (Å²) in [5, 5.41) is 0. The van der Waals surface area contributed by atoms with Crippen molar-refractivity contribution in [3.8, 4) is 11.5 Å². The maximum Gasteiger partial charge on any atom is 0.251 e. The molecule has 3 rings (SSSR count). The number of carbonyl (C=O) groups is 2. The van der Waals surface area contributed by atoms with Crippen molar-refractivity contribution in [2.75, 3.05) is 27.8 Å². The lowest BCUT2D eigenvalue weighted by molar-refractivity contribution is -0.167. The van der Waals surface area contributed by atoms with Crippen LogP contribution in [0.2, 0.25) is 0 Å². The zero-order valence-corrected chi connectivity index (χ0v) is 14.0. The van der Waals surface area contributed by atoms with Crippen LogP contribution in [0, 0.1) is 5.92 Å². The van der Waals surface area contributed by atoms with Gasteiger partial charge in [-0.2, -0.15) is 0 Å². The van der Waals surface area contributed by atoms with Crippen molar-refractivity contribution in [3.63, 3.8) is 0 Å². The number of carbonyl (C=O) groups excluding carboxylic acids is 2. The van der Waals surface area contributed by atoms with E-state index in [1.807, 2.05) is 25.1 Å². The summed E-state index contributed by atoms with van der Waals surface area (Å²) in [7, 11) is 4.93. The lowest BCUT2D eigenvalue weighted by Gasteiger charge is -2.52. The van der Waals surface area contributed by atoms with Crippen LogP contribution in [0.3, 0.4) is 0 Å². The molecule has 2 aliphatic heterocycles. The molecule has 23 heavy (non-hydrogen) atoms. The summed E-state index contributed by atoms with van der Waals surface area (Å²) < 4.78 is 10.6. The molecule has 0 N–H and O–H groups in total. The van der Waals surface area contributed by atoms with E-state index in [4.69, 9.17) is 9.47 Å². The molecule has 6 nitrogen and oxygen atoms in total. The number of nitrogens with zero attached hydrogens (tertiary/aromatic N) is 2. The number of hydrogen-bond acceptors (Lipinski definition) is 4. The van der Waals surface area contributed by atoms with E-state index >= 15 is 0 Å². The number of amides is 2. The van der Waals surface area contributed by atoms with Crippen molar-refractivity contribution >= 4 is 11.8 Å². The second-order valence-corrected chi connectivity index (χ2v) is 6.32. The molecule has 2 aliphatic rings. The molecule has 2 fully saturated rings. The smallest absolute Gasteiger partial charge is 0.251 e. The summed E-state index contributed by atoms with van der Waals surface area (Å²) in [6.07, 6.45) is 0.446. The molecule has 0 saturated carbocycles. The number of ether oxygens (including phenoxy) is 2. The van der Waals surface area contributed by atoms with Gasteiger partial charge in [-0.25, -0.2) is 0 Å². The van der Waals surface area contributed by atoms with E-state index in [0.29, 0.717) is 31.0 Å². The van der Waals surface area contributed by atoms with Gasteiger partial charge in [-0.3, -0.25) is 9.59 Å². The normalized spacial score (nSPS) is 26.7. The van der Waals surface area contributed by atoms with Crippen LogP contribution in [-0.2, 0) is 16.1 Å². The largest absolute Gasteiger partial charge is 0.497 e. The van der Waals surface area contributed by atoms with Gasteiger partial charge in [-0.15, -0.1) is 0 Å². The molecule has 0 bridgehead atoms. The highest BCUT2D eigenvalue weighted by Gasteiger charge is 2.63. The predicted molar refractivity (Wildman–Crippen MR) is 84.2 cm³/mol. The Morgan fingerprint density at radius 1 is 1.26 bits per heavy atom. The number of hydrogen-bond donors (Lipinski definition) is 0. The molecule has 124 valence electrons. The molecular formula is C17H22N2O4.